The number of carbonyl (C=O) groups excluding carboxylic acids is 1. The van der Waals surface area contributed by atoms with Gasteiger partial charge in [0, 0.05) is 23.9 Å². The summed E-state index contributed by atoms with van der Waals surface area (Å²) >= 11 is 5.82. The van der Waals surface area contributed by atoms with E-state index in [1.54, 1.807) is 19.2 Å². The fraction of sp³-hybridized carbons (Fsp3) is 0.294. The molecule has 0 aliphatic rings. The SMILES string of the molecule is COc1ccccc1C(CNC(=O)c1ccnc(Cl)c1)N(C)C. The Bertz CT molecular complexity index is 676. The van der Waals surface area contributed by atoms with Gasteiger partial charge in [0.25, 0.3) is 5.91 Å². The van der Waals surface area contributed by atoms with Crippen molar-refractivity contribution in [2.24, 2.45) is 0 Å². The number of halogens is 1. The van der Waals surface area contributed by atoms with Crippen molar-refractivity contribution in [2.75, 3.05) is 27.7 Å². The van der Waals surface area contributed by atoms with E-state index in [2.05, 4.69) is 10.3 Å². The number of pyridine rings is 1. The lowest BCUT2D eigenvalue weighted by Gasteiger charge is -2.26. The summed E-state index contributed by atoms with van der Waals surface area (Å²) in [7, 11) is 5.57. The molecule has 0 spiro atoms. The molecule has 0 saturated heterocycles. The summed E-state index contributed by atoms with van der Waals surface area (Å²) in [4.78, 5) is 18.2. The zero-order valence-corrected chi connectivity index (χ0v) is 14.2. The van der Waals surface area contributed by atoms with E-state index < -0.39 is 0 Å². The number of nitrogens with zero attached hydrogens (tertiary/aromatic N) is 2. The van der Waals surface area contributed by atoms with Gasteiger partial charge in [-0.2, -0.15) is 0 Å². The van der Waals surface area contributed by atoms with Crippen LogP contribution in [0.25, 0.3) is 0 Å². The normalized spacial score (nSPS) is 12.0. The van der Waals surface area contributed by atoms with Gasteiger partial charge in [0.15, 0.2) is 0 Å². The van der Waals surface area contributed by atoms with E-state index in [4.69, 9.17) is 16.3 Å². The van der Waals surface area contributed by atoms with Gasteiger partial charge in [0.1, 0.15) is 10.9 Å². The molecular weight excluding hydrogens is 314 g/mol. The average Bonchev–Trinajstić information content (AvgIpc) is 2.55. The molecule has 0 bridgehead atoms. The van der Waals surface area contributed by atoms with Gasteiger partial charge in [-0.25, -0.2) is 4.98 Å². The number of methoxy groups -OCH3 is 1. The smallest absolute Gasteiger partial charge is 0.251 e. The molecule has 0 fully saturated rings. The highest BCUT2D eigenvalue weighted by atomic mass is 35.5. The molecule has 1 aromatic carbocycles. The quantitative estimate of drug-likeness (QED) is 0.826. The minimum atomic E-state index is -0.184. The lowest BCUT2D eigenvalue weighted by Crippen LogP contribution is -2.34. The topological polar surface area (TPSA) is 54.5 Å². The Morgan fingerprint density at radius 3 is 2.74 bits per heavy atom. The van der Waals surface area contributed by atoms with Crippen LogP contribution < -0.4 is 10.1 Å². The first-order valence-electron chi connectivity index (χ1n) is 7.22. The maximum Gasteiger partial charge on any atom is 0.251 e. The van der Waals surface area contributed by atoms with Gasteiger partial charge < -0.3 is 15.0 Å². The highest BCUT2D eigenvalue weighted by Crippen LogP contribution is 2.27. The van der Waals surface area contributed by atoms with Crippen LogP contribution in [0.4, 0.5) is 0 Å². The highest BCUT2D eigenvalue weighted by molar-refractivity contribution is 6.29. The van der Waals surface area contributed by atoms with Crippen LogP contribution in [0.1, 0.15) is 22.0 Å². The summed E-state index contributed by atoms with van der Waals surface area (Å²) in [6, 6.07) is 11.0. The Labute approximate surface area is 141 Å². The summed E-state index contributed by atoms with van der Waals surface area (Å²) in [5.41, 5.74) is 1.51. The molecular formula is C17H20ClN3O2. The van der Waals surface area contributed by atoms with Crippen LogP contribution in [0.15, 0.2) is 42.6 Å². The number of nitrogens with one attached hydrogen (secondary N) is 1. The largest absolute Gasteiger partial charge is 0.496 e. The number of ether oxygens (including phenoxy) is 1. The summed E-state index contributed by atoms with van der Waals surface area (Å²) in [6.07, 6.45) is 1.51. The first-order valence-corrected chi connectivity index (χ1v) is 7.60. The van der Waals surface area contributed by atoms with E-state index in [1.807, 2.05) is 43.3 Å². The Morgan fingerprint density at radius 1 is 1.35 bits per heavy atom. The first-order chi connectivity index (χ1) is 11.0. The molecule has 1 N–H and O–H groups in total. The molecule has 0 radical (unpaired) electrons. The number of rotatable bonds is 6. The molecule has 0 saturated carbocycles. The third kappa shape index (κ3) is 4.43. The van der Waals surface area contributed by atoms with E-state index in [9.17, 15) is 4.79 Å². The molecule has 122 valence electrons. The standard InChI is InChI=1S/C17H20ClN3O2/c1-21(2)14(13-6-4-5-7-15(13)23-3)11-20-17(22)12-8-9-19-16(18)10-12/h4-10,14H,11H2,1-3H3,(H,20,22). The number of para-hydroxylation sites is 1. The summed E-state index contributed by atoms with van der Waals surface area (Å²) in [5.74, 6) is 0.614. The third-order valence-electron chi connectivity index (χ3n) is 3.57. The van der Waals surface area contributed by atoms with Gasteiger partial charge in [-0.15, -0.1) is 0 Å². The van der Waals surface area contributed by atoms with E-state index in [-0.39, 0.29) is 11.9 Å². The Balaban J connectivity index is 2.13. The van der Waals surface area contributed by atoms with Crippen LogP contribution in [0.2, 0.25) is 5.15 Å². The minimum Gasteiger partial charge on any atom is -0.496 e. The van der Waals surface area contributed by atoms with Crippen molar-refractivity contribution in [2.45, 2.75) is 6.04 Å². The number of aromatic nitrogens is 1. The molecule has 1 atom stereocenters. The molecule has 5 nitrogen and oxygen atoms in total. The Kier molecular flexibility index (Phi) is 5.96. The van der Waals surface area contributed by atoms with Crippen molar-refractivity contribution in [3.63, 3.8) is 0 Å². The molecule has 0 aliphatic heterocycles. The molecule has 2 aromatic rings. The van der Waals surface area contributed by atoms with Crippen molar-refractivity contribution in [1.82, 2.24) is 15.2 Å². The van der Waals surface area contributed by atoms with Gasteiger partial charge in [0.2, 0.25) is 0 Å². The van der Waals surface area contributed by atoms with Crippen LogP contribution in [0.5, 0.6) is 5.75 Å². The lowest BCUT2D eigenvalue weighted by molar-refractivity contribution is 0.0941. The van der Waals surface area contributed by atoms with Crippen molar-refractivity contribution in [3.8, 4) is 5.75 Å². The predicted molar refractivity (Wildman–Crippen MR) is 91.0 cm³/mol. The van der Waals surface area contributed by atoms with Gasteiger partial charge in [0.05, 0.1) is 13.2 Å². The summed E-state index contributed by atoms with van der Waals surface area (Å²) in [6.45, 7) is 0.451. The maximum absolute atomic E-state index is 12.3. The zero-order chi connectivity index (χ0) is 16.8. The maximum atomic E-state index is 12.3. The molecule has 2 rings (SSSR count). The number of benzene rings is 1. The van der Waals surface area contributed by atoms with Crippen molar-refractivity contribution >= 4 is 17.5 Å². The van der Waals surface area contributed by atoms with Crippen molar-refractivity contribution in [3.05, 3.63) is 58.9 Å². The summed E-state index contributed by atoms with van der Waals surface area (Å²) in [5, 5.41) is 3.23. The number of likely N-dealkylation sites (N-methyl/N-ethyl adjacent to an activating group) is 1. The van der Waals surface area contributed by atoms with E-state index >= 15 is 0 Å². The predicted octanol–water partition coefficient (Wildman–Crippen LogP) is 2.78. The second kappa shape index (κ2) is 7.94. The fourth-order valence-corrected chi connectivity index (χ4v) is 2.52. The second-order valence-corrected chi connectivity index (χ2v) is 5.69. The van der Waals surface area contributed by atoms with Crippen LogP contribution in [0.3, 0.4) is 0 Å². The molecule has 6 heteroatoms. The minimum absolute atomic E-state index is 0.00703. The second-order valence-electron chi connectivity index (χ2n) is 5.30. The van der Waals surface area contributed by atoms with Crippen LogP contribution in [-0.4, -0.2) is 43.5 Å². The highest BCUT2D eigenvalue weighted by Gasteiger charge is 2.19. The van der Waals surface area contributed by atoms with E-state index in [0.717, 1.165) is 11.3 Å². The van der Waals surface area contributed by atoms with Gasteiger partial charge in [-0.3, -0.25) is 4.79 Å². The van der Waals surface area contributed by atoms with Gasteiger partial charge >= 0.3 is 0 Å². The van der Waals surface area contributed by atoms with Crippen LogP contribution in [0, 0.1) is 0 Å². The monoisotopic (exact) mass is 333 g/mol. The zero-order valence-electron chi connectivity index (χ0n) is 13.4. The molecule has 1 amide bonds. The van der Waals surface area contributed by atoms with Crippen molar-refractivity contribution < 1.29 is 9.53 Å². The summed E-state index contributed by atoms with van der Waals surface area (Å²) < 4.78 is 5.42. The molecule has 1 unspecified atom stereocenters. The van der Waals surface area contributed by atoms with Gasteiger partial charge in [-0.1, -0.05) is 29.8 Å². The number of carbonyl (C=O) groups is 1. The molecule has 23 heavy (non-hydrogen) atoms. The van der Waals surface area contributed by atoms with Crippen LogP contribution >= 0.6 is 11.6 Å². The Hall–Kier alpha value is -2.11. The van der Waals surface area contributed by atoms with Gasteiger partial charge in [-0.05, 0) is 32.3 Å². The van der Waals surface area contributed by atoms with Crippen molar-refractivity contribution in [1.29, 1.82) is 0 Å². The third-order valence-corrected chi connectivity index (χ3v) is 3.77. The number of hydrogen-bond donors (Lipinski definition) is 1. The lowest BCUT2D eigenvalue weighted by atomic mass is 10.0. The van der Waals surface area contributed by atoms with E-state index in [0.29, 0.717) is 17.3 Å². The van der Waals surface area contributed by atoms with E-state index in [1.165, 1.54) is 6.20 Å². The molecule has 1 heterocycles. The van der Waals surface area contributed by atoms with Crippen LogP contribution in [-0.2, 0) is 0 Å². The molecule has 1 aromatic heterocycles. The number of hydrogen-bond acceptors (Lipinski definition) is 4. The number of amides is 1. The fourth-order valence-electron chi connectivity index (χ4n) is 2.35. The average molecular weight is 334 g/mol. The Morgan fingerprint density at radius 2 is 2.09 bits per heavy atom. The molecule has 0 aliphatic carbocycles. The first kappa shape index (κ1) is 17.2.